The van der Waals surface area contributed by atoms with Gasteiger partial charge in [-0.25, -0.2) is 0 Å². The second kappa shape index (κ2) is 4.69. The van der Waals surface area contributed by atoms with Gasteiger partial charge in [-0.1, -0.05) is 12.1 Å². The van der Waals surface area contributed by atoms with E-state index in [0.717, 1.165) is 13.0 Å². The van der Waals surface area contributed by atoms with E-state index in [-0.39, 0.29) is 5.54 Å². The van der Waals surface area contributed by atoms with Crippen LogP contribution >= 0.6 is 0 Å². The highest BCUT2D eigenvalue weighted by molar-refractivity contribution is 5.56. The van der Waals surface area contributed by atoms with Gasteiger partial charge in [0.15, 0.2) is 0 Å². The van der Waals surface area contributed by atoms with E-state index in [2.05, 4.69) is 56.5 Å². The molecule has 0 radical (unpaired) electrons. The quantitative estimate of drug-likeness (QED) is 0.837. The van der Waals surface area contributed by atoms with Crippen molar-refractivity contribution in [3.05, 3.63) is 29.3 Å². The van der Waals surface area contributed by atoms with Crippen LogP contribution in [-0.2, 0) is 12.8 Å². The van der Waals surface area contributed by atoms with Crippen molar-refractivity contribution in [1.82, 2.24) is 5.32 Å². The summed E-state index contributed by atoms with van der Waals surface area (Å²) >= 11 is 0. The van der Waals surface area contributed by atoms with E-state index in [0.29, 0.717) is 6.04 Å². The molecule has 1 unspecified atom stereocenters. The van der Waals surface area contributed by atoms with Crippen LogP contribution in [-0.4, -0.2) is 18.1 Å². The van der Waals surface area contributed by atoms with E-state index in [1.807, 2.05) is 0 Å². The number of hydrogen-bond donors (Lipinski definition) is 2. The molecule has 1 aliphatic heterocycles. The Morgan fingerprint density at radius 2 is 2.12 bits per heavy atom. The highest BCUT2D eigenvalue weighted by Gasteiger charge is 2.15. The molecule has 17 heavy (non-hydrogen) atoms. The maximum Gasteiger partial charge on any atom is 0.0373 e. The van der Waals surface area contributed by atoms with Crippen LogP contribution in [0.3, 0.4) is 0 Å². The predicted molar refractivity (Wildman–Crippen MR) is 74.7 cm³/mol. The van der Waals surface area contributed by atoms with Crippen LogP contribution in [0.15, 0.2) is 18.2 Å². The topological polar surface area (TPSA) is 24.1 Å². The van der Waals surface area contributed by atoms with E-state index < -0.39 is 0 Å². The Morgan fingerprint density at radius 1 is 1.35 bits per heavy atom. The monoisotopic (exact) mass is 232 g/mol. The molecule has 1 atom stereocenters. The summed E-state index contributed by atoms with van der Waals surface area (Å²) in [5, 5.41) is 7.02. The largest absolute Gasteiger partial charge is 0.384 e. The molecule has 0 aromatic heterocycles. The van der Waals surface area contributed by atoms with Crippen molar-refractivity contribution < 1.29 is 0 Å². The fraction of sp³-hybridized carbons (Fsp3) is 0.600. The summed E-state index contributed by atoms with van der Waals surface area (Å²) in [7, 11) is 0. The Balaban J connectivity index is 1.99. The van der Waals surface area contributed by atoms with Gasteiger partial charge in [0, 0.05) is 23.8 Å². The van der Waals surface area contributed by atoms with Gasteiger partial charge in [0.2, 0.25) is 0 Å². The van der Waals surface area contributed by atoms with E-state index in [9.17, 15) is 0 Å². The normalized spacial score (nSPS) is 16.5. The fourth-order valence-electron chi connectivity index (χ4n) is 2.63. The second-order valence-corrected chi connectivity index (χ2v) is 6.17. The lowest BCUT2D eigenvalue weighted by Crippen LogP contribution is -2.43. The molecule has 0 fully saturated rings. The van der Waals surface area contributed by atoms with Gasteiger partial charge in [-0.05, 0) is 57.7 Å². The van der Waals surface area contributed by atoms with Crippen molar-refractivity contribution in [3.63, 3.8) is 0 Å². The van der Waals surface area contributed by atoms with Gasteiger partial charge in [0.25, 0.3) is 0 Å². The molecule has 0 aliphatic carbocycles. The zero-order chi connectivity index (χ0) is 12.5. The number of rotatable bonds is 3. The lowest BCUT2D eigenvalue weighted by molar-refractivity contribution is 0.371. The molecule has 2 rings (SSSR count). The maximum absolute atomic E-state index is 3.62. The Labute approximate surface area is 105 Å². The molecule has 2 N–H and O–H groups in total. The van der Waals surface area contributed by atoms with Gasteiger partial charge in [-0.3, -0.25) is 0 Å². The third-order valence-corrected chi connectivity index (χ3v) is 3.10. The number of benzene rings is 1. The van der Waals surface area contributed by atoms with Gasteiger partial charge < -0.3 is 10.6 Å². The summed E-state index contributed by atoms with van der Waals surface area (Å²) < 4.78 is 0. The Kier molecular flexibility index (Phi) is 3.43. The fourth-order valence-corrected chi connectivity index (χ4v) is 2.63. The smallest absolute Gasteiger partial charge is 0.0373 e. The van der Waals surface area contributed by atoms with Crippen molar-refractivity contribution in [1.29, 1.82) is 0 Å². The van der Waals surface area contributed by atoms with Gasteiger partial charge >= 0.3 is 0 Å². The third kappa shape index (κ3) is 3.47. The molecule has 0 bridgehead atoms. The molecule has 1 aromatic rings. The summed E-state index contributed by atoms with van der Waals surface area (Å²) in [5.74, 6) is 0. The molecule has 1 aliphatic rings. The minimum Gasteiger partial charge on any atom is -0.384 e. The summed E-state index contributed by atoms with van der Waals surface area (Å²) in [6.45, 7) is 10.0. The summed E-state index contributed by atoms with van der Waals surface area (Å²) in [4.78, 5) is 0. The average molecular weight is 232 g/mol. The zero-order valence-corrected chi connectivity index (χ0v) is 11.4. The maximum atomic E-state index is 3.62. The summed E-state index contributed by atoms with van der Waals surface area (Å²) in [6, 6.07) is 7.35. The third-order valence-electron chi connectivity index (χ3n) is 3.10. The lowest BCUT2D eigenvalue weighted by atomic mass is 10.0. The average Bonchev–Trinajstić information content (AvgIpc) is 2.61. The zero-order valence-electron chi connectivity index (χ0n) is 11.4. The van der Waals surface area contributed by atoms with Gasteiger partial charge in [-0.2, -0.15) is 0 Å². The van der Waals surface area contributed by atoms with Crippen molar-refractivity contribution in [2.24, 2.45) is 0 Å². The van der Waals surface area contributed by atoms with Gasteiger partial charge in [0.05, 0.1) is 0 Å². The van der Waals surface area contributed by atoms with Crippen LogP contribution in [0.4, 0.5) is 5.69 Å². The molecule has 0 amide bonds. The standard InChI is InChI=1S/C15H24N2/c1-11(17-15(2,3)4)9-12-5-6-14-13(10-12)7-8-16-14/h5-6,10-11,16-17H,7-9H2,1-4H3. The van der Waals surface area contributed by atoms with Crippen molar-refractivity contribution >= 4 is 5.69 Å². The van der Waals surface area contributed by atoms with E-state index >= 15 is 0 Å². The molecule has 0 saturated carbocycles. The molecule has 0 spiro atoms. The number of fused-ring (bicyclic) bond motifs is 1. The van der Waals surface area contributed by atoms with Crippen LogP contribution in [0.25, 0.3) is 0 Å². The lowest BCUT2D eigenvalue weighted by Gasteiger charge is -2.26. The summed E-state index contributed by atoms with van der Waals surface area (Å²) in [6.07, 6.45) is 2.27. The molecule has 94 valence electrons. The Hall–Kier alpha value is -1.02. The first-order valence-corrected chi connectivity index (χ1v) is 6.57. The van der Waals surface area contributed by atoms with Crippen LogP contribution in [0.1, 0.15) is 38.8 Å². The van der Waals surface area contributed by atoms with Crippen LogP contribution in [0.2, 0.25) is 0 Å². The Morgan fingerprint density at radius 3 is 2.82 bits per heavy atom. The van der Waals surface area contributed by atoms with E-state index in [1.54, 1.807) is 0 Å². The summed E-state index contributed by atoms with van der Waals surface area (Å²) in [5.41, 5.74) is 4.44. The van der Waals surface area contributed by atoms with Crippen LogP contribution < -0.4 is 10.6 Å². The van der Waals surface area contributed by atoms with Crippen LogP contribution in [0.5, 0.6) is 0 Å². The molecule has 0 saturated heterocycles. The molecule has 1 aromatic carbocycles. The van der Waals surface area contributed by atoms with E-state index in [4.69, 9.17) is 0 Å². The predicted octanol–water partition coefficient (Wildman–Crippen LogP) is 2.97. The Bertz CT molecular complexity index is 390. The molecular weight excluding hydrogens is 208 g/mol. The SMILES string of the molecule is CC(Cc1ccc2c(c1)CCN2)NC(C)(C)C. The van der Waals surface area contributed by atoms with Gasteiger partial charge in [0.1, 0.15) is 0 Å². The molecule has 2 nitrogen and oxygen atoms in total. The number of nitrogens with one attached hydrogen (secondary N) is 2. The minimum atomic E-state index is 0.192. The number of anilines is 1. The molecule has 1 heterocycles. The van der Waals surface area contributed by atoms with E-state index in [1.165, 1.54) is 23.2 Å². The van der Waals surface area contributed by atoms with Crippen molar-refractivity contribution in [2.75, 3.05) is 11.9 Å². The van der Waals surface area contributed by atoms with Crippen molar-refractivity contribution in [3.8, 4) is 0 Å². The molecule has 2 heteroatoms. The first-order valence-electron chi connectivity index (χ1n) is 6.57. The first-order chi connectivity index (χ1) is 7.94. The van der Waals surface area contributed by atoms with Gasteiger partial charge in [-0.15, -0.1) is 0 Å². The first kappa shape index (κ1) is 12.4. The number of hydrogen-bond acceptors (Lipinski definition) is 2. The van der Waals surface area contributed by atoms with Crippen LogP contribution in [0, 0.1) is 0 Å². The molecular formula is C15H24N2. The second-order valence-electron chi connectivity index (χ2n) is 6.17. The highest BCUT2D eigenvalue weighted by Crippen LogP contribution is 2.23. The van der Waals surface area contributed by atoms with Crippen molar-refractivity contribution in [2.45, 2.75) is 52.1 Å². The minimum absolute atomic E-state index is 0.192. The highest BCUT2D eigenvalue weighted by atomic mass is 15.0.